The van der Waals surface area contributed by atoms with E-state index in [2.05, 4.69) is 10.1 Å². The number of halogens is 1. The van der Waals surface area contributed by atoms with Crippen LogP contribution in [0.1, 0.15) is 34.4 Å². The van der Waals surface area contributed by atoms with Gasteiger partial charge in [0.25, 0.3) is 0 Å². The number of nitrogens with two attached hydrogens (primary N) is 1. The summed E-state index contributed by atoms with van der Waals surface area (Å²) in [5.41, 5.74) is 9.30. The molecule has 1 unspecified atom stereocenters. The molecule has 0 fully saturated rings. The smallest absolute Gasteiger partial charge is 0.248 e. The molecule has 1 heterocycles. The first kappa shape index (κ1) is 19.9. The zero-order chi connectivity index (χ0) is 17.6. The lowest BCUT2D eigenvalue weighted by atomic mass is 10.1. The van der Waals surface area contributed by atoms with E-state index in [9.17, 15) is 0 Å². The number of hydrogen-bond acceptors (Lipinski definition) is 6. The van der Waals surface area contributed by atoms with Crippen LogP contribution in [-0.2, 0) is 18.0 Å². The van der Waals surface area contributed by atoms with Crippen molar-refractivity contribution in [2.45, 2.75) is 26.2 Å². The van der Waals surface area contributed by atoms with Gasteiger partial charge >= 0.3 is 0 Å². The third kappa shape index (κ3) is 5.05. The Kier molecular flexibility index (Phi) is 7.15. The summed E-state index contributed by atoms with van der Waals surface area (Å²) in [5, 5.41) is 3.93. The Bertz CT molecular complexity index is 821. The van der Waals surface area contributed by atoms with Crippen LogP contribution < -0.4 is 10.5 Å². The van der Waals surface area contributed by atoms with Crippen LogP contribution in [0.2, 0.25) is 0 Å². The van der Waals surface area contributed by atoms with Crippen molar-refractivity contribution < 1.29 is 14.0 Å². The predicted octanol–water partition coefficient (Wildman–Crippen LogP) is 3.57. The molecule has 0 aliphatic rings. The summed E-state index contributed by atoms with van der Waals surface area (Å²) in [4.78, 5) is 4.32. The molecule has 0 aliphatic carbocycles. The fourth-order valence-corrected chi connectivity index (χ4v) is 2.39. The molecule has 26 heavy (non-hydrogen) atoms. The van der Waals surface area contributed by atoms with E-state index in [0.717, 1.165) is 16.9 Å². The van der Waals surface area contributed by atoms with Crippen LogP contribution >= 0.6 is 12.4 Å². The van der Waals surface area contributed by atoms with Crippen molar-refractivity contribution in [3.63, 3.8) is 0 Å². The molecule has 0 spiro atoms. The van der Waals surface area contributed by atoms with E-state index in [1.807, 2.05) is 55.5 Å². The summed E-state index contributed by atoms with van der Waals surface area (Å²) in [6.45, 7) is 2.71. The highest BCUT2D eigenvalue weighted by Crippen LogP contribution is 2.19. The first-order valence-electron chi connectivity index (χ1n) is 8.01. The first-order chi connectivity index (χ1) is 12.2. The minimum absolute atomic E-state index is 0. The van der Waals surface area contributed by atoms with Crippen LogP contribution in [0.3, 0.4) is 0 Å². The molecule has 0 aliphatic heterocycles. The van der Waals surface area contributed by atoms with Crippen molar-refractivity contribution in [3.8, 4) is 5.75 Å². The minimum Gasteiger partial charge on any atom is -0.497 e. The Morgan fingerprint density at radius 1 is 1.12 bits per heavy atom. The van der Waals surface area contributed by atoms with Crippen molar-refractivity contribution in [1.82, 2.24) is 10.1 Å². The molecule has 0 amide bonds. The van der Waals surface area contributed by atoms with Crippen LogP contribution in [0, 0.1) is 6.92 Å². The lowest BCUT2D eigenvalue weighted by molar-refractivity contribution is 0.0998. The lowest BCUT2D eigenvalue weighted by Crippen LogP contribution is -2.12. The number of rotatable bonds is 7. The van der Waals surface area contributed by atoms with Crippen LogP contribution in [0.15, 0.2) is 53.1 Å². The highest BCUT2D eigenvalue weighted by molar-refractivity contribution is 5.85. The second-order valence-corrected chi connectivity index (χ2v) is 5.78. The molecule has 1 atom stereocenters. The van der Waals surface area contributed by atoms with Crippen molar-refractivity contribution in [3.05, 3.63) is 76.9 Å². The second-order valence-electron chi connectivity index (χ2n) is 5.78. The van der Waals surface area contributed by atoms with E-state index in [1.54, 1.807) is 7.11 Å². The number of aryl methyl sites for hydroxylation is 1. The van der Waals surface area contributed by atoms with Gasteiger partial charge in [0.15, 0.2) is 5.82 Å². The van der Waals surface area contributed by atoms with Gasteiger partial charge in [-0.3, -0.25) is 0 Å². The average molecular weight is 376 g/mol. The molecule has 1 aromatic heterocycles. The number of aromatic nitrogens is 2. The molecular formula is C19H22ClN3O3. The van der Waals surface area contributed by atoms with Gasteiger partial charge in [-0.2, -0.15) is 4.98 Å². The molecular weight excluding hydrogens is 354 g/mol. The normalized spacial score (nSPS) is 11.7. The van der Waals surface area contributed by atoms with Gasteiger partial charge in [-0.1, -0.05) is 47.1 Å². The monoisotopic (exact) mass is 375 g/mol. The third-order valence-corrected chi connectivity index (χ3v) is 3.82. The molecule has 2 N–H and O–H groups in total. The maximum atomic E-state index is 6.18. The van der Waals surface area contributed by atoms with Gasteiger partial charge in [0.1, 0.15) is 18.4 Å². The topological polar surface area (TPSA) is 83.4 Å². The van der Waals surface area contributed by atoms with Crippen LogP contribution in [0.25, 0.3) is 0 Å². The van der Waals surface area contributed by atoms with E-state index in [1.165, 1.54) is 5.56 Å². The lowest BCUT2D eigenvalue weighted by Gasteiger charge is -2.07. The average Bonchev–Trinajstić information content (AvgIpc) is 3.11. The molecule has 0 saturated heterocycles. The summed E-state index contributed by atoms with van der Waals surface area (Å²) >= 11 is 0. The highest BCUT2D eigenvalue weighted by atomic mass is 35.5. The fraction of sp³-hybridized carbons (Fsp3) is 0.263. The fourth-order valence-electron chi connectivity index (χ4n) is 2.39. The standard InChI is InChI=1S/C19H21N3O3.ClH/c1-13-6-8-15(9-7-13)18(20)19-21-17(22-25-19)12-24-11-14-4-3-5-16(10-14)23-2;/h3-10,18H,11-12,20H2,1-2H3;1H. The molecule has 7 heteroatoms. The van der Waals surface area contributed by atoms with Crippen LogP contribution in [0.4, 0.5) is 0 Å². The zero-order valence-electron chi connectivity index (χ0n) is 14.7. The van der Waals surface area contributed by atoms with Crippen LogP contribution in [0.5, 0.6) is 5.75 Å². The highest BCUT2D eigenvalue weighted by Gasteiger charge is 2.16. The Morgan fingerprint density at radius 2 is 1.88 bits per heavy atom. The third-order valence-electron chi connectivity index (χ3n) is 3.82. The number of methoxy groups -OCH3 is 1. The van der Waals surface area contributed by atoms with Gasteiger partial charge in [-0.05, 0) is 30.2 Å². The van der Waals surface area contributed by atoms with Gasteiger partial charge in [-0.25, -0.2) is 0 Å². The summed E-state index contributed by atoms with van der Waals surface area (Å²) in [6, 6.07) is 15.2. The molecule has 2 aromatic carbocycles. The minimum atomic E-state index is -0.444. The molecule has 3 rings (SSSR count). The maximum Gasteiger partial charge on any atom is 0.248 e. The number of hydrogen-bond donors (Lipinski definition) is 1. The van der Waals surface area contributed by atoms with E-state index < -0.39 is 6.04 Å². The van der Waals surface area contributed by atoms with Gasteiger partial charge in [0.05, 0.1) is 13.7 Å². The SMILES string of the molecule is COc1cccc(COCc2noc(C(N)c3ccc(C)cc3)n2)c1.Cl. The van der Waals surface area contributed by atoms with E-state index in [4.69, 9.17) is 19.7 Å². The summed E-state index contributed by atoms with van der Waals surface area (Å²) in [7, 11) is 1.64. The molecule has 0 bridgehead atoms. The molecule has 3 aromatic rings. The van der Waals surface area contributed by atoms with Gasteiger partial charge in [0, 0.05) is 0 Å². The largest absolute Gasteiger partial charge is 0.497 e. The van der Waals surface area contributed by atoms with E-state index in [-0.39, 0.29) is 19.0 Å². The molecule has 138 valence electrons. The molecule has 0 saturated carbocycles. The first-order valence-corrected chi connectivity index (χ1v) is 8.01. The van der Waals surface area contributed by atoms with Crippen molar-refractivity contribution in [2.75, 3.05) is 7.11 Å². The number of benzene rings is 2. The predicted molar refractivity (Wildman–Crippen MR) is 100 cm³/mol. The molecule has 6 nitrogen and oxygen atoms in total. The maximum absolute atomic E-state index is 6.18. The second kappa shape index (κ2) is 9.33. The molecule has 0 radical (unpaired) electrons. The Hall–Kier alpha value is -2.41. The Labute approximate surface area is 158 Å². The summed E-state index contributed by atoms with van der Waals surface area (Å²) < 4.78 is 16.1. The van der Waals surface area contributed by atoms with Gasteiger partial charge in [-0.15, -0.1) is 12.4 Å². The number of nitrogens with zero attached hydrogens (tertiary/aromatic N) is 2. The quantitative estimate of drug-likeness (QED) is 0.679. The van der Waals surface area contributed by atoms with Crippen LogP contribution in [-0.4, -0.2) is 17.3 Å². The Morgan fingerprint density at radius 3 is 2.62 bits per heavy atom. The summed E-state index contributed by atoms with van der Waals surface area (Å²) in [5.74, 6) is 1.65. The van der Waals surface area contributed by atoms with E-state index >= 15 is 0 Å². The van der Waals surface area contributed by atoms with Crippen molar-refractivity contribution >= 4 is 12.4 Å². The zero-order valence-corrected chi connectivity index (χ0v) is 15.5. The van der Waals surface area contributed by atoms with Crippen molar-refractivity contribution in [2.24, 2.45) is 5.73 Å². The van der Waals surface area contributed by atoms with Gasteiger partial charge in [0.2, 0.25) is 5.89 Å². The van der Waals surface area contributed by atoms with Crippen molar-refractivity contribution in [1.29, 1.82) is 0 Å². The number of ether oxygens (including phenoxy) is 2. The summed E-state index contributed by atoms with van der Waals surface area (Å²) in [6.07, 6.45) is 0. The van der Waals surface area contributed by atoms with Gasteiger partial charge < -0.3 is 19.7 Å². The Balaban J connectivity index is 0.00000243. The van der Waals surface area contributed by atoms with E-state index in [0.29, 0.717) is 18.3 Å².